The Morgan fingerprint density at radius 1 is 1.10 bits per heavy atom. The number of benzene rings is 2. The highest BCUT2D eigenvalue weighted by Crippen LogP contribution is 2.24. The van der Waals surface area contributed by atoms with Gasteiger partial charge in [0.25, 0.3) is 11.8 Å². The van der Waals surface area contributed by atoms with Gasteiger partial charge in [0, 0.05) is 37.3 Å². The molecular formula is C23H26Cl2N2O3. The standard InChI is InChI=1S/C23H26Cl2N2O3/c1-16(2)13-27(22(28)17-6-4-3-5-7-17)15-19-14-26(10-11-30-19)23(29)18-8-9-20(24)21(25)12-18/h3-9,12,16,19H,10-11,13-15H2,1-2H3. The van der Waals surface area contributed by atoms with E-state index in [1.165, 1.54) is 0 Å². The quantitative estimate of drug-likeness (QED) is 0.646. The summed E-state index contributed by atoms with van der Waals surface area (Å²) in [7, 11) is 0. The van der Waals surface area contributed by atoms with E-state index in [4.69, 9.17) is 27.9 Å². The summed E-state index contributed by atoms with van der Waals surface area (Å²) in [5.41, 5.74) is 1.14. The maximum atomic E-state index is 13.0. The Labute approximate surface area is 187 Å². The van der Waals surface area contributed by atoms with Crippen LogP contribution in [0.5, 0.6) is 0 Å². The molecule has 1 aliphatic heterocycles. The molecule has 1 aliphatic rings. The van der Waals surface area contributed by atoms with E-state index in [9.17, 15) is 9.59 Å². The molecule has 1 fully saturated rings. The predicted molar refractivity (Wildman–Crippen MR) is 119 cm³/mol. The summed E-state index contributed by atoms with van der Waals surface area (Å²) in [6.45, 7) is 6.53. The summed E-state index contributed by atoms with van der Waals surface area (Å²) in [6, 6.07) is 14.1. The SMILES string of the molecule is CC(C)CN(CC1CN(C(=O)c2ccc(Cl)c(Cl)c2)CCO1)C(=O)c1ccccc1. The van der Waals surface area contributed by atoms with Crippen LogP contribution < -0.4 is 0 Å². The first-order chi connectivity index (χ1) is 14.3. The number of carbonyl (C=O) groups excluding carboxylic acids is 2. The first kappa shape index (κ1) is 22.6. The number of morpholine rings is 1. The zero-order valence-electron chi connectivity index (χ0n) is 17.2. The number of nitrogens with zero attached hydrogens (tertiary/aromatic N) is 2. The van der Waals surface area contributed by atoms with Gasteiger partial charge in [0.15, 0.2) is 0 Å². The van der Waals surface area contributed by atoms with Crippen LogP contribution in [0.3, 0.4) is 0 Å². The van der Waals surface area contributed by atoms with Crippen molar-refractivity contribution in [1.82, 2.24) is 9.80 Å². The molecule has 2 aromatic carbocycles. The topological polar surface area (TPSA) is 49.9 Å². The lowest BCUT2D eigenvalue weighted by Crippen LogP contribution is -2.51. The summed E-state index contributed by atoms with van der Waals surface area (Å²) in [6.07, 6.45) is -0.253. The molecule has 1 unspecified atom stereocenters. The van der Waals surface area contributed by atoms with Crippen LogP contribution in [-0.2, 0) is 4.74 Å². The van der Waals surface area contributed by atoms with Crippen LogP contribution in [-0.4, -0.2) is 60.5 Å². The van der Waals surface area contributed by atoms with Crippen molar-refractivity contribution >= 4 is 35.0 Å². The molecule has 1 atom stereocenters. The first-order valence-electron chi connectivity index (χ1n) is 10.1. The van der Waals surface area contributed by atoms with Gasteiger partial charge in [0.1, 0.15) is 0 Å². The van der Waals surface area contributed by atoms with Crippen LogP contribution in [0.4, 0.5) is 0 Å². The molecule has 0 spiro atoms. The van der Waals surface area contributed by atoms with Crippen molar-refractivity contribution in [2.24, 2.45) is 5.92 Å². The van der Waals surface area contributed by atoms with E-state index in [0.29, 0.717) is 59.9 Å². The minimum absolute atomic E-state index is 0.0270. The van der Waals surface area contributed by atoms with E-state index in [0.717, 1.165) is 0 Å². The Hall–Kier alpha value is -2.08. The molecule has 0 radical (unpaired) electrons. The molecular weight excluding hydrogens is 423 g/mol. The molecule has 3 rings (SSSR count). The Morgan fingerprint density at radius 3 is 2.50 bits per heavy atom. The number of carbonyl (C=O) groups is 2. The second-order valence-electron chi connectivity index (χ2n) is 7.84. The van der Waals surface area contributed by atoms with Crippen LogP contribution in [0, 0.1) is 5.92 Å². The number of ether oxygens (including phenoxy) is 1. The number of hydrogen-bond donors (Lipinski definition) is 0. The molecule has 0 aromatic heterocycles. The summed E-state index contributed by atoms with van der Waals surface area (Å²) in [5.74, 6) is 0.169. The summed E-state index contributed by atoms with van der Waals surface area (Å²) in [4.78, 5) is 29.5. The zero-order chi connectivity index (χ0) is 21.7. The summed E-state index contributed by atoms with van der Waals surface area (Å²) < 4.78 is 5.90. The molecule has 7 heteroatoms. The van der Waals surface area contributed by atoms with Crippen LogP contribution in [0.2, 0.25) is 10.0 Å². The zero-order valence-corrected chi connectivity index (χ0v) is 18.7. The van der Waals surface area contributed by atoms with Gasteiger partial charge >= 0.3 is 0 Å². The van der Waals surface area contributed by atoms with Crippen molar-refractivity contribution in [3.8, 4) is 0 Å². The fraction of sp³-hybridized carbons (Fsp3) is 0.391. The smallest absolute Gasteiger partial charge is 0.254 e. The Morgan fingerprint density at radius 2 is 1.83 bits per heavy atom. The van der Waals surface area contributed by atoms with Gasteiger partial charge in [-0.1, -0.05) is 55.2 Å². The molecule has 160 valence electrons. The van der Waals surface area contributed by atoms with Gasteiger partial charge in [-0.15, -0.1) is 0 Å². The Balaban J connectivity index is 1.70. The van der Waals surface area contributed by atoms with Crippen molar-refractivity contribution in [3.05, 3.63) is 69.7 Å². The van der Waals surface area contributed by atoms with Crippen LogP contribution in [0.25, 0.3) is 0 Å². The van der Waals surface area contributed by atoms with Gasteiger partial charge in [-0.3, -0.25) is 9.59 Å². The highest BCUT2D eigenvalue weighted by atomic mass is 35.5. The average Bonchev–Trinajstić information content (AvgIpc) is 2.74. The summed E-state index contributed by atoms with van der Waals surface area (Å²) in [5, 5.41) is 0.765. The maximum absolute atomic E-state index is 13.0. The molecule has 0 bridgehead atoms. The van der Waals surface area contributed by atoms with Gasteiger partial charge in [-0.05, 0) is 36.2 Å². The normalized spacial score (nSPS) is 16.6. The van der Waals surface area contributed by atoms with Gasteiger partial charge in [0.05, 0.1) is 22.8 Å². The fourth-order valence-electron chi connectivity index (χ4n) is 3.52. The molecule has 0 N–H and O–H groups in total. The van der Waals surface area contributed by atoms with E-state index in [1.807, 2.05) is 35.2 Å². The highest BCUT2D eigenvalue weighted by Gasteiger charge is 2.29. The minimum atomic E-state index is -0.253. The number of halogens is 2. The van der Waals surface area contributed by atoms with Crippen LogP contribution in [0.15, 0.2) is 48.5 Å². The Kier molecular flexibility index (Phi) is 7.75. The number of hydrogen-bond acceptors (Lipinski definition) is 3. The van der Waals surface area contributed by atoms with E-state index in [2.05, 4.69) is 13.8 Å². The Bertz CT molecular complexity index is 889. The molecule has 0 aliphatic carbocycles. The highest BCUT2D eigenvalue weighted by molar-refractivity contribution is 6.42. The fourth-order valence-corrected chi connectivity index (χ4v) is 3.81. The minimum Gasteiger partial charge on any atom is -0.373 e. The lowest BCUT2D eigenvalue weighted by atomic mass is 10.1. The maximum Gasteiger partial charge on any atom is 0.254 e. The molecule has 2 amide bonds. The third-order valence-electron chi connectivity index (χ3n) is 4.91. The average molecular weight is 449 g/mol. The first-order valence-corrected chi connectivity index (χ1v) is 10.8. The van der Waals surface area contributed by atoms with Gasteiger partial charge < -0.3 is 14.5 Å². The van der Waals surface area contributed by atoms with Gasteiger partial charge in [0.2, 0.25) is 0 Å². The second-order valence-corrected chi connectivity index (χ2v) is 8.66. The molecule has 30 heavy (non-hydrogen) atoms. The second kappa shape index (κ2) is 10.3. The molecule has 2 aromatic rings. The van der Waals surface area contributed by atoms with Crippen molar-refractivity contribution in [1.29, 1.82) is 0 Å². The van der Waals surface area contributed by atoms with Gasteiger partial charge in [-0.2, -0.15) is 0 Å². The number of rotatable bonds is 6. The van der Waals surface area contributed by atoms with E-state index < -0.39 is 0 Å². The molecule has 0 saturated carbocycles. The lowest BCUT2D eigenvalue weighted by Gasteiger charge is -2.36. The monoisotopic (exact) mass is 448 g/mol. The van der Waals surface area contributed by atoms with Crippen molar-refractivity contribution in [2.75, 3.05) is 32.8 Å². The largest absolute Gasteiger partial charge is 0.373 e. The van der Waals surface area contributed by atoms with Crippen molar-refractivity contribution in [3.63, 3.8) is 0 Å². The molecule has 5 nitrogen and oxygen atoms in total. The predicted octanol–water partition coefficient (Wildman–Crippen LogP) is 4.63. The van der Waals surface area contributed by atoms with Crippen molar-refractivity contribution < 1.29 is 14.3 Å². The van der Waals surface area contributed by atoms with Gasteiger partial charge in [-0.25, -0.2) is 0 Å². The van der Waals surface area contributed by atoms with Crippen LogP contribution in [0.1, 0.15) is 34.6 Å². The van der Waals surface area contributed by atoms with E-state index in [1.54, 1.807) is 23.1 Å². The molecule has 1 saturated heterocycles. The van der Waals surface area contributed by atoms with Crippen molar-refractivity contribution in [2.45, 2.75) is 20.0 Å². The summed E-state index contributed by atoms with van der Waals surface area (Å²) >= 11 is 12.0. The van der Waals surface area contributed by atoms with Crippen LogP contribution >= 0.6 is 23.2 Å². The lowest BCUT2D eigenvalue weighted by molar-refractivity contribution is -0.0340. The third kappa shape index (κ3) is 5.75. The molecule has 1 heterocycles. The van der Waals surface area contributed by atoms with E-state index >= 15 is 0 Å². The van der Waals surface area contributed by atoms with E-state index in [-0.39, 0.29) is 17.9 Å². The third-order valence-corrected chi connectivity index (χ3v) is 5.65. The number of amides is 2.